The van der Waals surface area contributed by atoms with Crippen LogP contribution in [-0.4, -0.2) is 36.1 Å². The Bertz CT molecular complexity index is 895. The van der Waals surface area contributed by atoms with Gasteiger partial charge in [0.15, 0.2) is 0 Å². The molecule has 2 aromatic carbocycles. The van der Waals surface area contributed by atoms with Gasteiger partial charge < -0.3 is 9.72 Å². The Hall–Kier alpha value is -2.33. The van der Waals surface area contributed by atoms with Crippen molar-refractivity contribution < 1.29 is 4.74 Å². The molecule has 1 aliphatic rings. The molecule has 2 heterocycles. The van der Waals surface area contributed by atoms with Crippen LogP contribution in [-0.2, 0) is 0 Å². The molecule has 0 bridgehead atoms. The molecule has 3 aromatic rings. The zero-order valence-corrected chi connectivity index (χ0v) is 13.0. The maximum absolute atomic E-state index is 12.8. The summed E-state index contributed by atoms with van der Waals surface area (Å²) in [6.45, 7) is 3.85. The Morgan fingerprint density at radius 3 is 2.65 bits per heavy atom. The number of para-hydroxylation sites is 1. The van der Waals surface area contributed by atoms with E-state index in [1.54, 1.807) is 0 Å². The maximum atomic E-state index is 12.8. The van der Waals surface area contributed by atoms with Gasteiger partial charge in [-0.15, -0.1) is 0 Å². The summed E-state index contributed by atoms with van der Waals surface area (Å²) in [6.07, 6.45) is 2.56. The standard InChI is InChI=1S/C19H20N2O2/c22-19-14-6-1-2-7-15(14)20-16-8-5-9-17(18(16)19)23-13-12-21-10-3-4-11-21/h1-2,5-9H,3-4,10-13H2,(H,20,22). The highest BCUT2D eigenvalue weighted by molar-refractivity contribution is 5.95. The highest BCUT2D eigenvalue weighted by Gasteiger charge is 2.13. The molecule has 1 aliphatic heterocycles. The zero-order valence-electron chi connectivity index (χ0n) is 13.0. The molecule has 4 heteroatoms. The monoisotopic (exact) mass is 308 g/mol. The quantitative estimate of drug-likeness (QED) is 0.753. The molecule has 0 saturated carbocycles. The van der Waals surface area contributed by atoms with Crippen molar-refractivity contribution in [1.29, 1.82) is 0 Å². The molecule has 118 valence electrons. The van der Waals surface area contributed by atoms with Crippen LogP contribution in [0.2, 0.25) is 0 Å². The number of hydrogen-bond acceptors (Lipinski definition) is 3. The summed E-state index contributed by atoms with van der Waals surface area (Å²) >= 11 is 0. The minimum absolute atomic E-state index is 0.0334. The van der Waals surface area contributed by atoms with Gasteiger partial charge >= 0.3 is 0 Å². The van der Waals surface area contributed by atoms with Crippen molar-refractivity contribution in [3.05, 3.63) is 52.7 Å². The molecule has 0 radical (unpaired) electrons. The fourth-order valence-corrected chi connectivity index (χ4v) is 3.35. The lowest BCUT2D eigenvalue weighted by atomic mass is 10.1. The summed E-state index contributed by atoms with van der Waals surface area (Å²) in [6, 6.07) is 13.3. The number of rotatable bonds is 4. The van der Waals surface area contributed by atoms with E-state index in [1.807, 2.05) is 42.5 Å². The van der Waals surface area contributed by atoms with Crippen molar-refractivity contribution in [2.24, 2.45) is 0 Å². The Labute approximate surface area is 134 Å². The van der Waals surface area contributed by atoms with E-state index in [4.69, 9.17) is 4.74 Å². The Morgan fingerprint density at radius 1 is 1.00 bits per heavy atom. The van der Waals surface area contributed by atoms with Crippen LogP contribution in [0, 0.1) is 0 Å². The predicted octanol–water partition coefficient (Wildman–Crippen LogP) is 3.16. The van der Waals surface area contributed by atoms with Gasteiger partial charge in [0.25, 0.3) is 0 Å². The van der Waals surface area contributed by atoms with E-state index in [-0.39, 0.29) is 5.43 Å². The lowest BCUT2D eigenvalue weighted by Crippen LogP contribution is -2.25. The fraction of sp³-hybridized carbons (Fsp3) is 0.316. The maximum Gasteiger partial charge on any atom is 0.200 e. The molecule has 1 N–H and O–H groups in total. The van der Waals surface area contributed by atoms with Crippen molar-refractivity contribution >= 4 is 21.8 Å². The Morgan fingerprint density at radius 2 is 1.78 bits per heavy atom. The third kappa shape index (κ3) is 2.70. The number of aromatic nitrogens is 1. The number of H-pyrrole nitrogens is 1. The summed E-state index contributed by atoms with van der Waals surface area (Å²) in [5, 5.41) is 1.35. The first-order chi connectivity index (χ1) is 11.3. The first kappa shape index (κ1) is 14.3. The lowest BCUT2D eigenvalue weighted by molar-refractivity contribution is 0.239. The highest BCUT2D eigenvalue weighted by Crippen LogP contribution is 2.23. The minimum atomic E-state index is 0.0334. The van der Waals surface area contributed by atoms with Gasteiger partial charge in [0.1, 0.15) is 12.4 Å². The topological polar surface area (TPSA) is 45.3 Å². The summed E-state index contributed by atoms with van der Waals surface area (Å²) in [4.78, 5) is 18.6. The molecule has 0 unspecified atom stereocenters. The summed E-state index contributed by atoms with van der Waals surface area (Å²) < 4.78 is 5.95. The molecule has 0 atom stereocenters. The number of likely N-dealkylation sites (tertiary alicyclic amines) is 1. The van der Waals surface area contributed by atoms with E-state index in [1.165, 1.54) is 12.8 Å². The van der Waals surface area contributed by atoms with Crippen LogP contribution in [0.4, 0.5) is 0 Å². The van der Waals surface area contributed by atoms with E-state index in [0.717, 1.165) is 30.7 Å². The average molecular weight is 308 g/mol. The van der Waals surface area contributed by atoms with Crippen molar-refractivity contribution in [2.75, 3.05) is 26.2 Å². The van der Waals surface area contributed by atoms with E-state index in [0.29, 0.717) is 23.1 Å². The van der Waals surface area contributed by atoms with E-state index >= 15 is 0 Å². The number of nitrogens with one attached hydrogen (secondary N) is 1. The number of fused-ring (bicyclic) bond motifs is 2. The number of nitrogens with zero attached hydrogens (tertiary/aromatic N) is 1. The number of pyridine rings is 1. The van der Waals surface area contributed by atoms with Crippen molar-refractivity contribution in [2.45, 2.75) is 12.8 Å². The van der Waals surface area contributed by atoms with E-state index < -0.39 is 0 Å². The molecular weight excluding hydrogens is 288 g/mol. The SMILES string of the molecule is O=c1c2ccccc2[nH]c2cccc(OCCN3CCCC3)c12. The number of benzene rings is 2. The normalized spacial score (nSPS) is 15.5. The largest absolute Gasteiger partial charge is 0.491 e. The third-order valence-corrected chi connectivity index (χ3v) is 4.56. The molecule has 4 nitrogen and oxygen atoms in total. The second-order valence-electron chi connectivity index (χ2n) is 6.08. The van der Waals surface area contributed by atoms with E-state index in [9.17, 15) is 4.79 Å². The van der Waals surface area contributed by atoms with Crippen LogP contribution in [0.15, 0.2) is 47.3 Å². The Balaban J connectivity index is 1.68. The molecule has 0 aliphatic carbocycles. The van der Waals surface area contributed by atoms with Crippen LogP contribution in [0.3, 0.4) is 0 Å². The lowest BCUT2D eigenvalue weighted by Gasteiger charge is -2.15. The smallest absolute Gasteiger partial charge is 0.200 e. The van der Waals surface area contributed by atoms with Crippen LogP contribution in [0.5, 0.6) is 5.75 Å². The average Bonchev–Trinajstić information content (AvgIpc) is 3.08. The molecule has 1 fully saturated rings. The van der Waals surface area contributed by atoms with Crippen molar-refractivity contribution in [3.8, 4) is 5.75 Å². The fourth-order valence-electron chi connectivity index (χ4n) is 3.35. The summed E-state index contributed by atoms with van der Waals surface area (Å²) in [5.74, 6) is 0.675. The molecular formula is C19H20N2O2. The van der Waals surface area contributed by atoms with Gasteiger partial charge in [-0.05, 0) is 50.2 Å². The second-order valence-corrected chi connectivity index (χ2v) is 6.08. The first-order valence-electron chi connectivity index (χ1n) is 8.22. The molecule has 1 saturated heterocycles. The van der Waals surface area contributed by atoms with Crippen molar-refractivity contribution in [1.82, 2.24) is 9.88 Å². The van der Waals surface area contributed by atoms with Crippen molar-refractivity contribution in [3.63, 3.8) is 0 Å². The number of hydrogen-bond donors (Lipinski definition) is 1. The summed E-state index contributed by atoms with van der Waals surface area (Å²) in [5.41, 5.74) is 1.72. The molecule has 0 amide bonds. The molecule has 0 spiro atoms. The van der Waals surface area contributed by atoms with Gasteiger partial charge in [-0.3, -0.25) is 9.69 Å². The van der Waals surface area contributed by atoms with Gasteiger partial charge in [-0.25, -0.2) is 0 Å². The molecule has 4 rings (SSSR count). The Kier molecular flexibility index (Phi) is 3.75. The highest BCUT2D eigenvalue weighted by atomic mass is 16.5. The zero-order chi connectivity index (χ0) is 15.6. The van der Waals surface area contributed by atoms with Gasteiger partial charge in [0, 0.05) is 17.4 Å². The molecule has 1 aromatic heterocycles. The number of aromatic amines is 1. The van der Waals surface area contributed by atoms with Crippen LogP contribution in [0.1, 0.15) is 12.8 Å². The van der Waals surface area contributed by atoms with Crippen LogP contribution in [0.25, 0.3) is 21.8 Å². The summed E-state index contributed by atoms with van der Waals surface area (Å²) in [7, 11) is 0. The van der Waals surface area contributed by atoms with Gasteiger partial charge in [0.05, 0.1) is 10.9 Å². The number of ether oxygens (including phenoxy) is 1. The van der Waals surface area contributed by atoms with Crippen LogP contribution < -0.4 is 10.2 Å². The molecule has 23 heavy (non-hydrogen) atoms. The van der Waals surface area contributed by atoms with Gasteiger partial charge in [-0.1, -0.05) is 18.2 Å². The second kappa shape index (κ2) is 6.05. The minimum Gasteiger partial charge on any atom is -0.491 e. The third-order valence-electron chi connectivity index (χ3n) is 4.56. The predicted molar refractivity (Wildman–Crippen MR) is 93.2 cm³/mol. The van der Waals surface area contributed by atoms with E-state index in [2.05, 4.69) is 9.88 Å². The van der Waals surface area contributed by atoms with Gasteiger partial charge in [0.2, 0.25) is 5.43 Å². The first-order valence-corrected chi connectivity index (χ1v) is 8.22. The van der Waals surface area contributed by atoms with Crippen LogP contribution >= 0.6 is 0 Å². The van der Waals surface area contributed by atoms with Gasteiger partial charge in [-0.2, -0.15) is 0 Å².